The molecule has 0 aliphatic rings. The van der Waals surface area contributed by atoms with Crippen LogP contribution in [0.4, 0.5) is 0 Å². The van der Waals surface area contributed by atoms with Crippen molar-refractivity contribution in [1.29, 1.82) is 0 Å². The van der Waals surface area contributed by atoms with Gasteiger partial charge in [-0.2, -0.15) is 0 Å². The van der Waals surface area contributed by atoms with Crippen LogP contribution >= 0.6 is 27.3 Å². The fourth-order valence-corrected chi connectivity index (χ4v) is 2.03. The summed E-state index contributed by atoms with van der Waals surface area (Å²) in [5.74, 6) is 0. The molecular formula is C7H4BrN3OS. The Kier molecular flexibility index (Phi) is 2.24. The molecule has 0 aromatic carbocycles. The quantitative estimate of drug-likeness (QED) is 0.846. The highest BCUT2D eigenvalue weighted by atomic mass is 79.9. The molecule has 2 aromatic heterocycles. The second-order valence-corrected chi connectivity index (χ2v) is 4.54. The molecular weight excluding hydrogens is 254 g/mol. The summed E-state index contributed by atoms with van der Waals surface area (Å²) in [6, 6.07) is 1.46. The van der Waals surface area contributed by atoms with Gasteiger partial charge < -0.3 is 4.98 Å². The van der Waals surface area contributed by atoms with Crippen molar-refractivity contribution in [3.63, 3.8) is 0 Å². The van der Waals surface area contributed by atoms with Crippen molar-refractivity contribution in [1.82, 2.24) is 15.2 Å². The maximum Gasteiger partial charge on any atom is 0.191 e. The van der Waals surface area contributed by atoms with Crippen molar-refractivity contribution in [2.24, 2.45) is 0 Å². The lowest BCUT2D eigenvalue weighted by atomic mass is 10.3. The lowest BCUT2D eigenvalue weighted by Gasteiger charge is -1.90. The average Bonchev–Trinajstić information content (AvgIpc) is 2.53. The maximum absolute atomic E-state index is 11.3. The van der Waals surface area contributed by atoms with Gasteiger partial charge in [0, 0.05) is 18.5 Å². The summed E-state index contributed by atoms with van der Waals surface area (Å²) in [6.07, 6.45) is 3.21. The zero-order valence-corrected chi connectivity index (χ0v) is 8.72. The maximum atomic E-state index is 11.3. The molecule has 0 atom stereocenters. The van der Waals surface area contributed by atoms with Gasteiger partial charge in [-0.1, -0.05) is 11.3 Å². The second-order valence-electron chi connectivity index (χ2n) is 2.28. The Labute approximate surface area is 85.8 Å². The average molecular weight is 258 g/mol. The summed E-state index contributed by atoms with van der Waals surface area (Å²) in [5.41, 5.74) is 0.494. The van der Waals surface area contributed by atoms with Gasteiger partial charge in [-0.05, 0) is 15.9 Å². The first-order valence-electron chi connectivity index (χ1n) is 3.44. The number of aromatic nitrogens is 3. The molecule has 4 nitrogen and oxygen atoms in total. The van der Waals surface area contributed by atoms with E-state index < -0.39 is 0 Å². The molecule has 0 aliphatic carbocycles. The molecule has 0 amide bonds. The SMILES string of the molecule is O=c1cc[nH]cc1-c1nnc(Br)s1. The first-order valence-corrected chi connectivity index (χ1v) is 5.05. The Hall–Kier alpha value is -1.01. The third kappa shape index (κ3) is 1.68. The van der Waals surface area contributed by atoms with Crippen LogP contribution in [0.2, 0.25) is 0 Å². The molecule has 0 aliphatic heterocycles. The Morgan fingerprint density at radius 3 is 2.92 bits per heavy atom. The number of H-pyrrole nitrogens is 1. The predicted octanol–water partition coefficient (Wildman–Crippen LogP) is 1.66. The van der Waals surface area contributed by atoms with E-state index in [1.165, 1.54) is 17.4 Å². The molecule has 0 radical (unpaired) electrons. The van der Waals surface area contributed by atoms with Gasteiger partial charge in [0.05, 0.1) is 5.56 Å². The minimum absolute atomic E-state index is 0.0533. The molecule has 0 bridgehead atoms. The minimum atomic E-state index is -0.0533. The first-order chi connectivity index (χ1) is 6.27. The van der Waals surface area contributed by atoms with Crippen molar-refractivity contribution in [3.05, 3.63) is 32.6 Å². The summed E-state index contributed by atoms with van der Waals surface area (Å²) in [7, 11) is 0. The molecule has 6 heteroatoms. The summed E-state index contributed by atoms with van der Waals surface area (Å²) in [5, 5.41) is 8.23. The number of hydrogen-bond donors (Lipinski definition) is 1. The van der Waals surface area contributed by atoms with E-state index in [0.717, 1.165) is 0 Å². The predicted molar refractivity (Wildman–Crippen MR) is 53.7 cm³/mol. The van der Waals surface area contributed by atoms with E-state index in [9.17, 15) is 4.79 Å². The van der Waals surface area contributed by atoms with Crippen LogP contribution in [0.25, 0.3) is 10.6 Å². The largest absolute Gasteiger partial charge is 0.367 e. The summed E-state index contributed by atoms with van der Waals surface area (Å²) >= 11 is 4.52. The van der Waals surface area contributed by atoms with E-state index in [4.69, 9.17) is 0 Å². The number of hydrogen-bond acceptors (Lipinski definition) is 4. The molecule has 2 aromatic rings. The van der Waals surface area contributed by atoms with E-state index in [2.05, 4.69) is 31.1 Å². The second kappa shape index (κ2) is 3.39. The summed E-state index contributed by atoms with van der Waals surface area (Å²) in [4.78, 5) is 14.2. The molecule has 0 fully saturated rings. The number of aromatic amines is 1. The van der Waals surface area contributed by atoms with Crippen LogP contribution in [-0.2, 0) is 0 Å². The lowest BCUT2D eigenvalue weighted by Crippen LogP contribution is -2.01. The van der Waals surface area contributed by atoms with Crippen LogP contribution in [0.5, 0.6) is 0 Å². The Balaban J connectivity index is 2.59. The van der Waals surface area contributed by atoms with Gasteiger partial charge in [0.25, 0.3) is 0 Å². The summed E-state index contributed by atoms with van der Waals surface area (Å²) in [6.45, 7) is 0. The number of halogens is 1. The van der Waals surface area contributed by atoms with E-state index in [1.54, 1.807) is 12.4 Å². The molecule has 0 spiro atoms. The third-order valence-electron chi connectivity index (χ3n) is 1.45. The Morgan fingerprint density at radius 2 is 2.31 bits per heavy atom. The zero-order chi connectivity index (χ0) is 9.26. The van der Waals surface area contributed by atoms with Gasteiger partial charge in [0.2, 0.25) is 0 Å². The van der Waals surface area contributed by atoms with Gasteiger partial charge >= 0.3 is 0 Å². The lowest BCUT2D eigenvalue weighted by molar-refractivity contribution is 1.07. The van der Waals surface area contributed by atoms with Gasteiger partial charge in [-0.25, -0.2) is 0 Å². The van der Waals surface area contributed by atoms with Crippen molar-refractivity contribution >= 4 is 27.3 Å². The molecule has 13 heavy (non-hydrogen) atoms. The van der Waals surface area contributed by atoms with Gasteiger partial charge in [-0.3, -0.25) is 4.79 Å². The van der Waals surface area contributed by atoms with Crippen molar-refractivity contribution in [3.8, 4) is 10.6 Å². The number of nitrogens with zero attached hydrogens (tertiary/aromatic N) is 2. The first kappa shape index (κ1) is 8.58. The summed E-state index contributed by atoms with van der Waals surface area (Å²) < 4.78 is 0.672. The monoisotopic (exact) mass is 257 g/mol. The van der Waals surface area contributed by atoms with Crippen LogP contribution in [0.1, 0.15) is 0 Å². The Morgan fingerprint density at radius 1 is 1.46 bits per heavy atom. The minimum Gasteiger partial charge on any atom is -0.367 e. The van der Waals surface area contributed by atoms with Crippen LogP contribution < -0.4 is 5.43 Å². The highest BCUT2D eigenvalue weighted by Crippen LogP contribution is 2.22. The zero-order valence-electron chi connectivity index (χ0n) is 6.32. The van der Waals surface area contributed by atoms with Crippen LogP contribution in [-0.4, -0.2) is 15.2 Å². The molecule has 1 N–H and O–H groups in total. The standard InChI is InChI=1S/C7H4BrN3OS/c8-7-11-10-6(13-7)4-3-9-2-1-5(4)12/h1-3H,(H,9,12). The van der Waals surface area contributed by atoms with E-state index in [-0.39, 0.29) is 5.43 Å². The van der Waals surface area contributed by atoms with Crippen molar-refractivity contribution in [2.75, 3.05) is 0 Å². The van der Waals surface area contributed by atoms with E-state index in [0.29, 0.717) is 14.5 Å². The number of rotatable bonds is 1. The Bertz CT molecular complexity index is 478. The smallest absolute Gasteiger partial charge is 0.191 e. The molecule has 0 saturated heterocycles. The molecule has 66 valence electrons. The molecule has 2 heterocycles. The van der Waals surface area contributed by atoms with E-state index >= 15 is 0 Å². The fourth-order valence-electron chi connectivity index (χ4n) is 0.897. The topological polar surface area (TPSA) is 58.6 Å². The highest BCUT2D eigenvalue weighted by Gasteiger charge is 2.07. The van der Waals surface area contributed by atoms with Gasteiger partial charge in [0.15, 0.2) is 14.4 Å². The van der Waals surface area contributed by atoms with Crippen LogP contribution in [0, 0.1) is 0 Å². The van der Waals surface area contributed by atoms with Crippen LogP contribution in [0.3, 0.4) is 0 Å². The normalized spacial score (nSPS) is 10.2. The van der Waals surface area contributed by atoms with Crippen molar-refractivity contribution in [2.45, 2.75) is 0 Å². The fraction of sp³-hybridized carbons (Fsp3) is 0. The number of nitrogens with one attached hydrogen (secondary N) is 1. The van der Waals surface area contributed by atoms with Crippen molar-refractivity contribution < 1.29 is 0 Å². The number of pyridine rings is 1. The molecule has 0 unspecified atom stereocenters. The van der Waals surface area contributed by atoms with Gasteiger partial charge in [0.1, 0.15) is 0 Å². The van der Waals surface area contributed by atoms with E-state index in [1.807, 2.05) is 0 Å². The molecule has 0 saturated carbocycles. The third-order valence-corrected chi connectivity index (χ3v) is 2.84. The highest BCUT2D eigenvalue weighted by molar-refractivity contribution is 9.11. The van der Waals surface area contributed by atoms with Crippen LogP contribution in [0.15, 0.2) is 27.2 Å². The molecule has 2 rings (SSSR count). The van der Waals surface area contributed by atoms with Gasteiger partial charge in [-0.15, -0.1) is 10.2 Å².